The second-order valence-electron chi connectivity index (χ2n) is 6.16. The third kappa shape index (κ3) is 3.63. The van der Waals surface area contributed by atoms with E-state index < -0.39 is 0 Å². The molecule has 0 saturated heterocycles. The van der Waals surface area contributed by atoms with Crippen LogP contribution in [0.25, 0.3) is 0 Å². The predicted molar refractivity (Wildman–Crippen MR) is 83.2 cm³/mol. The largest absolute Gasteiger partial charge is 0.326 e. The number of amides is 2. The Labute approximate surface area is 125 Å². The quantitative estimate of drug-likeness (QED) is 0.890. The van der Waals surface area contributed by atoms with Gasteiger partial charge >= 0.3 is 0 Å². The molecule has 2 amide bonds. The summed E-state index contributed by atoms with van der Waals surface area (Å²) in [6.07, 6.45) is 8.09. The number of aryl methyl sites for hydroxylation is 1. The first-order valence-electron chi connectivity index (χ1n) is 7.93. The lowest BCUT2D eigenvalue weighted by molar-refractivity contribution is -0.117. The van der Waals surface area contributed by atoms with E-state index in [1.165, 1.54) is 25.7 Å². The van der Waals surface area contributed by atoms with Crippen LogP contribution >= 0.6 is 0 Å². The number of benzene rings is 1. The maximum Gasteiger partial charge on any atom is 0.224 e. The van der Waals surface area contributed by atoms with Crippen molar-refractivity contribution in [2.45, 2.75) is 51.4 Å². The Hall–Kier alpha value is -1.84. The minimum atomic E-state index is 0.0656. The van der Waals surface area contributed by atoms with Gasteiger partial charge in [-0.15, -0.1) is 0 Å². The molecule has 0 spiro atoms. The third-order valence-corrected chi connectivity index (χ3v) is 4.54. The molecule has 1 aromatic rings. The molecule has 2 aliphatic rings. The van der Waals surface area contributed by atoms with E-state index in [0.29, 0.717) is 12.8 Å². The Kier molecular flexibility index (Phi) is 4.23. The Morgan fingerprint density at radius 3 is 2.86 bits per heavy atom. The van der Waals surface area contributed by atoms with Crippen molar-refractivity contribution >= 4 is 23.2 Å². The summed E-state index contributed by atoms with van der Waals surface area (Å²) in [4.78, 5) is 23.3. The average Bonchev–Trinajstić information content (AvgIpc) is 2.99. The van der Waals surface area contributed by atoms with Crippen molar-refractivity contribution in [2.24, 2.45) is 5.92 Å². The van der Waals surface area contributed by atoms with Gasteiger partial charge in [-0.2, -0.15) is 0 Å². The van der Waals surface area contributed by atoms with Gasteiger partial charge in [0.15, 0.2) is 0 Å². The first-order valence-corrected chi connectivity index (χ1v) is 7.93. The van der Waals surface area contributed by atoms with Crippen LogP contribution in [0.2, 0.25) is 0 Å². The van der Waals surface area contributed by atoms with Crippen molar-refractivity contribution in [3.8, 4) is 0 Å². The molecule has 0 bridgehead atoms. The maximum atomic E-state index is 12.0. The van der Waals surface area contributed by atoms with E-state index in [0.717, 1.165) is 35.7 Å². The summed E-state index contributed by atoms with van der Waals surface area (Å²) in [5.41, 5.74) is 2.81. The highest BCUT2D eigenvalue weighted by Crippen LogP contribution is 2.29. The molecule has 1 aromatic carbocycles. The molecular formula is C17H22N2O2. The van der Waals surface area contributed by atoms with Crippen LogP contribution in [0, 0.1) is 5.92 Å². The van der Waals surface area contributed by atoms with Gasteiger partial charge in [0.1, 0.15) is 0 Å². The van der Waals surface area contributed by atoms with Gasteiger partial charge in [0.25, 0.3) is 0 Å². The Morgan fingerprint density at radius 2 is 2.05 bits per heavy atom. The summed E-state index contributed by atoms with van der Waals surface area (Å²) >= 11 is 0. The fourth-order valence-electron chi connectivity index (χ4n) is 3.32. The van der Waals surface area contributed by atoms with Crippen LogP contribution in [-0.4, -0.2) is 11.8 Å². The highest BCUT2D eigenvalue weighted by atomic mass is 16.2. The SMILES string of the molecule is O=C(CCC1CCCC1)Nc1ccc2c(c1)CCC(=O)N2. The summed E-state index contributed by atoms with van der Waals surface area (Å²) in [7, 11) is 0. The third-order valence-electron chi connectivity index (χ3n) is 4.54. The van der Waals surface area contributed by atoms with Gasteiger partial charge in [-0.25, -0.2) is 0 Å². The van der Waals surface area contributed by atoms with Crippen molar-refractivity contribution in [3.05, 3.63) is 23.8 Å². The molecule has 21 heavy (non-hydrogen) atoms. The van der Waals surface area contributed by atoms with Gasteiger partial charge in [0.2, 0.25) is 11.8 Å². The van der Waals surface area contributed by atoms with Gasteiger partial charge in [-0.3, -0.25) is 9.59 Å². The standard InChI is InChI=1S/C17H22N2O2/c20-16(9-5-12-3-1-2-4-12)18-14-7-8-15-13(11-14)6-10-17(21)19-15/h7-8,11-12H,1-6,9-10H2,(H,18,20)(H,19,21). The van der Waals surface area contributed by atoms with Gasteiger partial charge in [-0.05, 0) is 42.5 Å². The number of carbonyl (C=O) groups excluding carboxylic acids is 2. The molecule has 1 heterocycles. The monoisotopic (exact) mass is 286 g/mol. The Bertz CT molecular complexity index is 548. The molecule has 112 valence electrons. The summed E-state index contributed by atoms with van der Waals surface area (Å²) in [6, 6.07) is 5.71. The summed E-state index contributed by atoms with van der Waals surface area (Å²) in [5.74, 6) is 0.909. The van der Waals surface area contributed by atoms with Crippen molar-refractivity contribution < 1.29 is 9.59 Å². The molecule has 4 heteroatoms. The van der Waals surface area contributed by atoms with Crippen LogP contribution in [0.5, 0.6) is 0 Å². The van der Waals surface area contributed by atoms with Crippen molar-refractivity contribution in [2.75, 3.05) is 10.6 Å². The fourth-order valence-corrected chi connectivity index (χ4v) is 3.32. The number of rotatable bonds is 4. The molecule has 4 nitrogen and oxygen atoms in total. The molecular weight excluding hydrogens is 264 g/mol. The molecule has 1 fully saturated rings. The van der Waals surface area contributed by atoms with E-state index in [1.54, 1.807) is 0 Å². The van der Waals surface area contributed by atoms with Crippen LogP contribution in [0.15, 0.2) is 18.2 Å². The highest BCUT2D eigenvalue weighted by molar-refractivity contribution is 5.95. The number of hydrogen-bond donors (Lipinski definition) is 2. The van der Waals surface area contributed by atoms with Crippen LogP contribution in [0.1, 0.15) is 50.5 Å². The van der Waals surface area contributed by atoms with Crippen molar-refractivity contribution in [3.63, 3.8) is 0 Å². The number of fused-ring (bicyclic) bond motifs is 1. The fraction of sp³-hybridized carbons (Fsp3) is 0.529. The molecule has 0 unspecified atom stereocenters. The smallest absolute Gasteiger partial charge is 0.224 e. The van der Waals surface area contributed by atoms with Gasteiger partial charge in [0.05, 0.1) is 0 Å². The normalized spacial score (nSPS) is 18.2. The maximum absolute atomic E-state index is 12.0. The van der Waals surface area contributed by atoms with E-state index >= 15 is 0 Å². The number of anilines is 2. The second kappa shape index (κ2) is 6.29. The molecule has 1 aliphatic carbocycles. The molecule has 3 rings (SSSR count). The minimum Gasteiger partial charge on any atom is -0.326 e. The van der Waals surface area contributed by atoms with Crippen LogP contribution in [0.3, 0.4) is 0 Å². The van der Waals surface area contributed by atoms with Crippen molar-refractivity contribution in [1.29, 1.82) is 0 Å². The lowest BCUT2D eigenvalue weighted by Crippen LogP contribution is -2.19. The van der Waals surface area contributed by atoms with Gasteiger partial charge in [0, 0.05) is 24.2 Å². The lowest BCUT2D eigenvalue weighted by Gasteiger charge is -2.18. The van der Waals surface area contributed by atoms with E-state index in [9.17, 15) is 9.59 Å². The average molecular weight is 286 g/mol. The highest BCUT2D eigenvalue weighted by Gasteiger charge is 2.17. The van der Waals surface area contributed by atoms with Crippen LogP contribution in [0.4, 0.5) is 11.4 Å². The minimum absolute atomic E-state index is 0.0656. The summed E-state index contributed by atoms with van der Waals surface area (Å²) < 4.78 is 0. The molecule has 0 atom stereocenters. The van der Waals surface area contributed by atoms with Crippen LogP contribution in [-0.2, 0) is 16.0 Å². The number of nitrogens with one attached hydrogen (secondary N) is 2. The molecule has 0 radical (unpaired) electrons. The van der Waals surface area contributed by atoms with E-state index in [2.05, 4.69) is 10.6 Å². The van der Waals surface area contributed by atoms with E-state index in [1.807, 2.05) is 18.2 Å². The molecule has 0 aromatic heterocycles. The van der Waals surface area contributed by atoms with E-state index in [4.69, 9.17) is 0 Å². The topological polar surface area (TPSA) is 58.2 Å². The molecule has 1 aliphatic heterocycles. The first kappa shape index (κ1) is 14.1. The molecule has 1 saturated carbocycles. The van der Waals surface area contributed by atoms with Gasteiger partial charge in [-0.1, -0.05) is 25.7 Å². The first-order chi connectivity index (χ1) is 10.2. The zero-order valence-electron chi connectivity index (χ0n) is 12.3. The van der Waals surface area contributed by atoms with E-state index in [-0.39, 0.29) is 11.8 Å². The Balaban J connectivity index is 1.54. The second-order valence-corrected chi connectivity index (χ2v) is 6.16. The van der Waals surface area contributed by atoms with Crippen LogP contribution < -0.4 is 10.6 Å². The lowest BCUT2D eigenvalue weighted by atomic mass is 10.0. The summed E-state index contributed by atoms with van der Waals surface area (Å²) in [6.45, 7) is 0. The Morgan fingerprint density at radius 1 is 1.24 bits per heavy atom. The van der Waals surface area contributed by atoms with Crippen molar-refractivity contribution in [1.82, 2.24) is 0 Å². The number of hydrogen-bond acceptors (Lipinski definition) is 2. The zero-order valence-corrected chi connectivity index (χ0v) is 12.3. The predicted octanol–water partition coefficient (Wildman–Crippen LogP) is 3.48. The number of carbonyl (C=O) groups is 2. The summed E-state index contributed by atoms with van der Waals surface area (Å²) in [5, 5.41) is 5.83. The zero-order chi connectivity index (χ0) is 14.7. The molecule has 2 N–H and O–H groups in total. The van der Waals surface area contributed by atoms with Gasteiger partial charge < -0.3 is 10.6 Å².